The standard InChI is InChI=1S/C30H35N3O3/c1-19-10-11-23(36-4)16-25(19)30-12-13-33(3)20(2)26(30)15-22-14-24(29(35)32-27(22)17-30)28(34)31-18-21-8-6-5-7-9-21/h5-11,14,16,20,26H,12-13,15,17-18H2,1-4H3,(H,31,34)(H,32,35). The van der Waals surface area contributed by atoms with Crippen molar-refractivity contribution in [1.82, 2.24) is 15.2 Å². The first-order chi connectivity index (χ1) is 17.3. The lowest BCUT2D eigenvalue weighted by Gasteiger charge is -2.54. The van der Waals surface area contributed by atoms with Gasteiger partial charge < -0.3 is 19.9 Å². The summed E-state index contributed by atoms with van der Waals surface area (Å²) >= 11 is 0. The number of aromatic amines is 1. The number of H-pyrrole nitrogens is 1. The smallest absolute Gasteiger partial charge is 0.261 e. The van der Waals surface area contributed by atoms with E-state index in [-0.39, 0.29) is 22.4 Å². The minimum absolute atomic E-state index is 0.0996. The van der Waals surface area contributed by atoms with E-state index >= 15 is 0 Å². The van der Waals surface area contributed by atoms with Gasteiger partial charge in [-0.1, -0.05) is 36.4 Å². The van der Waals surface area contributed by atoms with E-state index in [1.807, 2.05) is 42.5 Å². The summed E-state index contributed by atoms with van der Waals surface area (Å²) < 4.78 is 5.60. The number of ether oxygens (including phenoxy) is 1. The molecular formula is C30H35N3O3. The summed E-state index contributed by atoms with van der Waals surface area (Å²) in [5, 5.41) is 2.91. The molecule has 2 heterocycles. The lowest BCUT2D eigenvalue weighted by Crippen LogP contribution is -2.57. The number of nitrogens with zero attached hydrogens (tertiary/aromatic N) is 1. The summed E-state index contributed by atoms with van der Waals surface area (Å²) in [6.07, 6.45) is 2.57. The molecule has 5 rings (SSSR count). The lowest BCUT2D eigenvalue weighted by atomic mass is 9.56. The summed E-state index contributed by atoms with van der Waals surface area (Å²) in [7, 11) is 3.90. The number of piperidine rings is 1. The van der Waals surface area contributed by atoms with Crippen molar-refractivity contribution in [2.45, 2.75) is 51.1 Å². The fraction of sp³-hybridized carbons (Fsp3) is 0.400. The zero-order valence-corrected chi connectivity index (χ0v) is 21.6. The van der Waals surface area contributed by atoms with E-state index in [0.29, 0.717) is 18.5 Å². The second kappa shape index (κ2) is 9.58. The molecule has 1 aliphatic carbocycles. The molecule has 0 saturated carbocycles. The number of hydrogen-bond donors (Lipinski definition) is 2. The highest BCUT2D eigenvalue weighted by Crippen LogP contribution is 2.50. The molecule has 0 spiro atoms. The van der Waals surface area contributed by atoms with E-state index in [4.69, 9.17) is 4.74 Å². The van der Waals surface area contributed by atoms with E-state index in [0.717, 1.165) is 48.4 Å². The molecule has 2 aromatic carbocycles. The van der Waals surface area contributed by atoms with Crippen molar-refractivity contribution in [3.05, 3.63) is 98.5 Å². The number of rotatable bonds is 5. The van der Waals surface area contributed by atoms with Crippen LogP contribution < -0.4 is 15.6 Å². The molecule has 1 saturated heterocycles. The molecule has 6 heteroatoms. The topological polar surface area (TPSA) is 74.4 Å². The number of methoxy groups -OCH3 is 1. The Labute approximate surface area is 212 Å². The molecule has 1 amide bonds. The Hall–Kier alpha value is -3.38. The van der Waals surface area contributed by atoms with E-state index < -0.39 is 0 Å². The SMILES string of the molecule is COc1ccc(C)c(C23CCN(C)C(C)C2Cc2cc(C(=O)NCc4ccccc4)c(=O)[nH]c2C3)c1. The van der Waals surface area contributed by atoms with Crippen molar-refractivity contribution >= 4 is 5.91 Å². The average Bonchev–Trinajstić information content (AvgIpc) is 2.89. The Morgan fingerprint density at radius 2 is 1.97 bits per heavy atom. The number of aromatic nitrogens is 1. The number of benzene rings is 2. The van der Waals surface area contributed by atoms with Crippen LogP contribution in [-0.2, 0) is 24.8 Å². The fourth-order valence-corrected chi connectivity index (χ4v) is 6.36. The van der Waals surface area contributed by atoms with Crippen LogP contribution in [0.5, 0.6) is 5.75 Å². The number of pyridine rings is 1. The Morgan fingerprint density at radius 3 is 2.72 bits per heavy atom. The molecule has 1 aliphatic heterocycles. The van der Waals surface area contributed by atoms with Crippen LogP contribution in [0.25, 0.3) is 0 Å². The van der Waals surface area contributed by atoms with Gasteiger partial charge in [-0.25, -0.2) is 0 Å². The van der Waals surface area contributed by atoms with Gasteiger partial charge in [0.2, 0.25) is 0 Å². The Balaban J connectivity index is 1.52. The van der Waals surface area contributed by atoms with Crippen molar-refractivity contribution in [1.29, 1.82) is 0 Å². The second-order valence-electron chi connectivity index (χ2n) is 10.5. The van der Waals surface area contributed by atoms with Gasteiger partial charge in [-0.15, -0.1) is 0 Å². The summed E-state index contributed by atoms with van der Waals surface area (Å²) in [5.74, 6) is 0.873. The molecule has 2 aliphatic rings. The number of hydrogen-bond acceptors (Lipinski definition) is 4. The average molecular weight is 486 g/mol. The van der Waals surface area contributed by atoms with Crippen LogP contribution in [0.1, 0.15) is 51.7 Å². The molecule has 0 bridgehead atoms. The zero-order chi connectivity index (χ0) is 25.4. The number of fused-ring (bicyclic) bond motifs is 2. The summed E-state index contributed by atoms with van der Waals surface area (Å²) in [6.45, 7) is 5.85. The maximum absolute atomic E-state index is 13.1. The van der Waals surface area contributed by atoms with Crippen molar-refractivity contribution in [3.63, 3.8) is 0 Å². The lowest BCUT2D eigenvalue weighted by molar-refractivity contribution is 0.0448. The molecule has 6 nitrogen and oxygen atoms in total. The van der Waals surface area contributed by atoms with Gasteiger partial charge in [0.25, 0.3) is 11.5 Å². The van der Waals surface area contributed by atoms with Gasteiger partial charge in [0.1, 0.15) is 11.3 Å². The molecule has 1 fully saturated rings. The summed E-state index contributed by atoms with van der Waals surface area (Å²) in [4.78, 5) is 31.6. The third kappa shape index (κ3) is 4.24. The van der Waals surface area contributed by atoms with Gasteiger partial charge in [-0.2, -0.15) is 0 Å². The summed E-state index contributed by atoms with van der Waals surface area (Å²) in [6, 6.07) is 18.3. The van der Waals surface area contributed by atoms with Crippen LogP contribution in [-0.4, -0.2) is 42.5 Å². The third-order valence-corrected chi connectivity index (χ3v) is 8.57. The maximum atomic E-state index is 13.1. The predicted octanol–water partition coefficient (Wildman–Crippen LogP) is 4.00. The first-order valence-electron chi connectivity index (χ1n) is 12.7. The van der Waals surface area contributed by atoms with E-state index in [9.17, 15) is 9.59 Å². The minimum atomic E-state index is -0.336. The van der Waals surface area contributed by atoms with Gasteiger partial charge in [-0.05, 0) is 93.1 Å². The molecule has 0 radical (unpaired) electrons. The molecule has 3 atom stereocenters. The van der Waals surface area contributed by atoms with Gasteiger partial charge >= 0.3 is 0 Å². The highest BCUT2D eigenvalue weighted by Gasteiger charge is 2.50. The Bertz CT molecular complexity index is 1330. The monoisotopic (exact) mass is 485 g/mol. The van der Waals surface area contributed by atoms with Crippen LogP contribution >= 0.6 is 0 Å². The number of likely N-dealkylation sites (tertiary alicyclic amines) is 1. The van der Waals surface area contributed by atoms with Crippen molar-refractivity contribution in [2.24, 2.45) is 5.92 Å². The van der Waals surface area contributed by atoms with Crippen molar-refractivity contribution in [3.8, 4) is 5.75 Å². The third-order valence-electron chi connectivity index (χ3n) is 8.57. The Morgan fingerprint density at radius 1 is 1.19 bits per heavy atom. The van der Waals surface area contributed by atoms with Crippen LogP contribution in [0.3, 0.4) is 0 Å². The maximum Gasteiger partial charge on any atom is 0.261 e. The van der Waals surface area contributed by atoms with Gasteiger partial charge in [0, 0.05) is 23.7 Å². The first kappa shape index (κ1) is 24.3. The predicted molar refractivity (Wildman–Crippen MR) is 142 cm³/mol. The van der Waals surface area contributed by atoms with Gasteiger partial charge in [0.05, 0.1) is 7.11 Å². The molecule has 1 aromatic heterocycles. The molecule has 3 unspecified atom stereocenters. The largest absolute Gasteiger partial charge is 0.497 e. The number of carbonyl (C=O) groups excluding carboxylic acids is 1. The number of aryl methyl sites for hydroxylation is 1. The van der Waals surface area contributed by atoms with Crippen LogP contribution in [0.2, 0.25) is 0 Å². The summed E-state index contributed by atoms with van der Waals surface area (Å²) in [5.41, 5.74) is 5.35. The molecule has 3 aromatic rings. The van der Waals surface area contributed by atoms with Crippen LogP contribution in [0.4, 0.5) is 0 Å². The van der Waals surface area contributed by atoms with Crippen LogP contribution in [0, 0.1) is 12.8 Å². The molecule has 2 N–H and O–H groups in total. The highest BCUT2D eigenvalue weighted by atomic mass is 16.5. The molecule has 188 valence electrons. The number of carbonyl (C=O) groups is 1. The van der Waals surface area contributed by atoms with E-state index in [2.05, 4.69) is 48.2 Å². The first-order valence-corrected chi connectivity index (χ1v) is 12.7. The van der Waals surface area contributed by atoms with E-state index in [1.54, 1.807) is 7.11 Å². The zero-order valence-electron chi connectivity index (χ0n) is 21.6. The van der Waals surface area contributed by atoms with E-state index in [1.165, 1.54) is 11.1 Å². The Kier molecular flexibility index (Phi) is 6.47. The molecule has 36 heavy (non-hydrogen) atoms. The highest BCUT2D eigenvalue weighted by molar-refractivity contribution is 5.94. The van der Waals surface area contributed by atoms with Gasteiger partial charge in [-0.3, -0.25) is 9.59 Å². The second-order valence-corrected chi connectivity index (χ2v) is 10.5. The fourth-order valence-electron chi connectivity index (χ4n) is 6.36. The quantitative estimate of drug-likeness (QED) is 0.573. The van der Waals surface area contributed by atoms with Crippen molar-refractivity contribution in [2.75, 3.05) is 20.7 Å². The molecular weight excluding hydrogens is 450 g/mol. The number of nitrogens with one attached hydrogen (secondary N) is 2. The van der Waals surface area contributed by atoms with Crippen molar-refractivity contribution < 1.29 is 9.53 Å². The van der Waals surface area contributed by atoms with Gasteiger partial charge in [0.15, 0.2) is 0 Å². The van der Waals surface area contributed by atoms with Crippen LogP contribution in [0.15, 0.2) is 59.4 Å². The number of amides is 1. The normalized spacial score (nSPS) is 23.4. The minimum Gasteiger partial charge on any atom is -0.497 e.